The molecule has 160 valence electrons. The molecule has 0 aliphatic carbocycles. The molecule has 9 heteroatoms. The van der Waals surface area contributed by atoms with Gasteiger partial charge in [0.1, 0.15) is 0 Å². The van der Waals surface area contributed by atoms with Gasteiger partial charge >= 0.3 is 11.9 Å². The minimum absolute atomic E-state index is 0.0596. The lowest BCUT2D eigenvalue weighted by molar-refractivity contribution is -0.133. The lowest BCUT2D eigenvalue weighted by Gasteiger charge is -2.16. The van der Waals surface area contributed by atoms with Gasteiger partial charge in [0, 0.05) is 25.0 Å². The summed E-state index contributed by atoms with van der Waals surface area (Å²) in [6.45, 7) is 2.47. The third-order valence-electron chi connectivity index (χ3n) is 3.94. The molecule has 2 rings (SSSR count). The van der Waals surface area contributed by atoms with Crippen molar-refractivity contribution in [2.75, 3.05) is 28.4 Å². The lowest BCUT2D eigenvalue weighted by Crippen LogP contribution is -2.09. The number of methoxy groups -OCH3 is 4. The fraction of sp³-hybridized carbons (Fsp3) is 0.286. The highest BCUT2D eigenvalue weighted by atomic mass is 16.6. The minimum Gasteiger partial charge on any atom is -0.493 e. The predicted molar refractivity (Wildman–Crippen MR) is 105 cm³/mol. The van der Waals surface area contributed by atoms with E-state index in [1.807, 2.05) is 0 Å². The molecular formula is C21H22O9. The largest absolute Gasteiger partial charge is 0.493 e. The summed E-state index contributed by atoms with van der Waals surface area (Å²) in [4.78, 5) is 35.9. The third-order valence-corrected chi connectivity index (χ3v) is 3.94. The normalized spacial score (nSPS) is 10.1. The van der Waals surface area contributed by atoms with Crippen molar-refractivity contribution in [1.29, 1.82) is 0 Å². The van der Waals surface area contributed by atoms with Gasteiger partial charge in [-0.1, -0.05) is 0 Å². The number of esters is 2. The van der Waals surface area contributed by atoms with Crippen molar-refractivity contribution in [1.82, 2.24) is 0 Å². The Morgan fingerprint density at radius 1 is 0.567 bits per heavy atom. The zero-order valence-electron chi connectivity index (χ0n) is 17.5. The summed E-state index contributed by atoms with van der Waals surface area (Å²) in [6, 6.07) is 5.67. The van der Waals surface area contributed by atoms with Crippen molar-refractivity contribution >= 4 is 17.7 Å². The third kappa shape index (κ3) is 4.80. The first-order valence-electron chi connectivity index (χ1n) is 8.69. The van der Waals surface area contributed by atoms with E-state index in [0.717, 1.165) is 0 Å². The molecule has 0 aliphatic heterocycles. The average molecular weight is 418 g/mol. The summed E-state index contributed by atoms with van der Waals surface area (Å²) < 4.78 is 31.3. The molecule has 0 spiro atoms. The number of benzene rings is 2. The number of ketones is 1. The second kappa shape index (κ2) is 9.64. The van der Waals surface area contributed by atoms with E-state index >= 15 is 0 Å². The number of hydrogen-bond donors (Lipinski definition) is 0. The topological polar surface area (TPSA) is 107 Å². The lowest BCUT2D eigenvalue weighted by atomic mass is 10.0. The van der Waals surface area contributed by atoms with Gasteiger partial charge in [-0.05, 0) is 24.3 Å². The van der Waals surface area contributed by atoms with Crippen LogP contribution in [0.2, 0.25) is 0 Å². The molecule has 0 atom stereocenters. The average Bonchev–Trinajstić information content (AvgIpc) is 2.72. The molecule has 0 radical (unpaired) electrons. The quantitative estimate of drug-likeness (QED) is 0.363. The number of carbonyl (C=O) groups is 3. The van der Waals surface area contributed by atoms with Crippen LogP contribution in [-0.2, 0) is 9.59 Å². The Kier molecular flexibility index (Phi) is 7.24. The van der Waals surface area contributed by atoms with Gasteiger partial charge < -0.3 is 28.4 Å². The highest BCUT2D eigenvalue weighted by Crippen LogP contribution is 2.41. The van der Waals surface area contributed by atoms with Crippen molar-refractivity contribution in [3.63, 3.8) is 0 Å². The van der Waals surface area contributed by atoms with Crippen LogP contribution in [0.1, 0.15) is 29.8 Å². The summed E-state index contributed by atoms with van der Waals surface area (Å²) in [5.74, 6) is -0.873. The van der Waals surface area contributed by atoms with E-state index in [2.05, 4.69) is 0 Å². The van der Waals surface area contributed by atoms with Gasteiger partial charge in [-0.15, -0.1) is 0 Å². The van der Waals surface area contributed by atoms with Crippen LogP contribution in [0.4, 0.5) is 0 Å². The van der Waals surface area contributed by atoms with E-state index < -0.39 is 17.7 Å². The van der Waals surface area contributed by atoms with E-state index in [4.69, 9.17) is 28.4 Å². The number of carbonyl (C=O) groups excluding carboxylic acids is 3. The molecule has 0 saturated carbocycles. The van der Waals surface area contributed by atoms with E-state index in [0.29, 0.717) is 0 Å². The second-order valence-corrected chi connectivity index (χ2v) is 5.94. The highest BCUT2D eigenvalue weighted by Gasteiger charge is 2.23. The first kappa shape index (κ1) is 22.5. The predicted octanol–water partition coefficient (Wildman–Crippen LogP) is 2.80. The SMILES string of the molecule is COc1cc(C(=O)c2cc(OC)c(OC(C)=O)c(OC)c2)cc(OC)c1OC(C)=O. The molecule has 0 aromatic heterocycles. The van der Waals surface area contributed by atoms with Crippen LogP contribution in [-0.4, -0.2) is 46.2 Å². The Hall–Kier alpha value is -3.75. The monoisotopic (exact) mass is 418 g/mol. The van der Waals surface area contributed by atoms with Gasteiger partial charge in [-0.2, -0.15) is 0 Å². The van der Waals surface area contributed by atoms with Crippen molar-refractivity contribution < 1.29 is 42.8 Å². The van der Waals surface area contributed by atoms with Gasteiger partial charge in [0.2, 0.25) is 11.5 Å². The summed E-state index contributed by atoms with van der Waals surface area (Å²) in [5.41, 5.74) is 0.396. The molecule has 0 N–H and O–H groups in total. The number of rotatable bonds is 8. The van der Waals surface area contributed by atoms with E-state index in [9.17, 15) is 14.4 Å². The first-order chi connectivity index (χ1) is 14.2. The molecule has 0 saturated heterocycles. The maximum Gasteiger partial charge on any atom is 0.308 e. The first-order valence-corrected chi connectivity index (χ1v) is 8.69. The molecule has 0 fully saturated rings. The van der Waals surface area contributed by atoms with Crippen LogP contribution in [0.25, 0.3) is 0 Å². The fourth-order valence-electron chi connectivity index (χ4n) is 2.68. The molecule has 9 nitrogen and oxygen atoms in total. The Bertz CT molecular complexity index is 851. The maximum atomic E-state index is 13.1. The molecule has 2 aromatic rings. The van der Waals surface area contributed by atoms with Gasteiger partial charge in [0.25, 0.3) is 0 Å². The minimum atomic E-state index is -0.568. The van der Waals surface area contributed by atoms with Crippen LogP contribution >= 0.6 is 0 Å². The molecule has 0 unspecified atom stereocenters. The Morgan fingerprint density at radius 2 is 0.833 bits per heavy atom. The van der Waals surface area contributed by atoms with Crippen LogP contribution in [0.15, 0.2) is 24.3 Å². The van der Waals surface area contributed by atoms with E-state index in [1.54, 1.807) is 0 Å². The summed E-state index contributed by atoms with van der Waals surface area (Å²) in [7, 11) is 5.48. The summed E-state index contributed by atoms with van der Waals surface area (Å²) >= 11 is 0. The van der Waals surface area contributed by atoms with Crippen LogP contribution < -0.4 is 28.4 Å². The molecule has 2 aromatic carbocycles. The zero-order chi connectivity index (χ0) is 22.4. The van der Waals surface area contributed by atoms with Crippen LogP contribution in [0.3, 0.4) is 0 Å². The molecule has 0 amide bonds. The Balaban J connectivity index is 2.59. The molecule has 0 heterocycles. The van der Waals surface area contributed by atoms with Crippen molar-refractivity contribution in [2.24, 2.45) is 0 Å². The fourth-order valence-corrected chi connectivity index (χ4v) is 2.68. The highest BCUT2D eigenvalue weighted by molar-refractivity contribution is 6.10. The molecule has 0 aliphatic rings. The number of hydrogen-bond acceptors (Lipinski definition) is 9. The van der Waals surface area contributed by atoms with Crippen LogP contribution in [0, 0.1) is 0 Å². The smallest absolute Gasteiger partial charge is 0.308 e. The van der Waals surface area contributed by atoms with Crippen LogP contribution in [0.5, 0.6) is 34.5 Å². The Labute approximate surface area is 173 Å². The van der Waals surface area contributed by atoms with Gasteiger partial charge in [0.15, 0.2) is 28.8 Å². The number of ether oxygens (including phenoxy) is 6. The summed E-state index contributed by atoms with van der Waals surface area (Å²) in [6.07, 6.45) is 0. The van der Waals surface area contributed by atoms with E-state index in [-0.39, 0.29) is 45.6 Å². The van der Waals surface area contributed by atoms with Crippen molar-refractivity contribution in [3.8, 4) is 34.5 Å². The van der Waals surface area contributed by atoms with Crippen molar-refractivity contribution in [3.05, 3.63) is 35.4 Å². The van der Waals surface area contributed by atoms with Crippen molar-refractivity contribution in [2.45, 2.75) is 13.8 Å². The van der Waals surface area contributed by atoms with Gasteiger partial charge in [-0.25, -0.2) is 0 Å². The molecule has 30 heavy (non-hydrogen) atoms. The van der Waals surface area contributed by atoms with E-state index in [1.165, 1.54) is 66.6 Å². The van der Waals surface area contributed by atoms with Gasteiger partial charge in [0.05, 0.1) is 28.4 Å². The summed E-state index contributed by atoms with van der Waals surface area (Å²) in [5, 5.41) is 0. The second-order valence-electron chi connectivity index (χ2n) is 5.94. The molecular weight excluding hydrogens is 396 g/mol. The van der Waals surface area contributed by atoms with Gasteiger partial charge in [-0.3, -0.25) is 14.4 Å². The molecule has 0 bridgehead atoms. The Morgan fingerprint density at radius 3 is 1.03 bits per heavy atom. The maximum absolute atomic E-state index is 13.1. The standard InChI is InChI=1S/C21H22O9/c1-11(22)29-20-15(25-3)7-13(8-16(20)26-4)19(24)14-9-17(27-5)21(30-12(2)23)18(10-14)28-6/h7-10H,1-6H3. The zero-order valence-corrected chi connectivity index (χ0v) is 17.5.